The minimum absolute atomic E-state index is 0.398. The molecular formula is C17H14Cl2O3. The minimum Gasteiger partial charge on any atom is -0.483 e. The Bertz CT molecular complexity index is 653. The van der Waals surface area contributed by atoms with Gasteiger partial charge in [0.25, 0.3) is 0 Å². The third-order valence-electron chi connectivity index (χ3n) is 3.07. The van der Waals surface area contributed by atoms with Gasteiger partial charge in [0.1, 0.15) is 5.75 Å². The van der Waals surface area contributed by atoms with E-state index in [1.807, 2.05) is 0 Å². The summed E-state index contributed by atoms with van der Waals surface area (Å²) in [6.07, 6.45) is -0.837. The summed E-state index contributed by atoms with van der Waals surface area (Å²) in [6, 6.07) is 15.1. The molecule has 0 unspecified atom stereocenters. The Morgan fingerprint density at radius 2 is 1.59 bits per heavy atom. The van der Waals surface area contributed by atoms with E-state index in [1.165, 1.54) is 0 Å². The molecule has 0 aliphatic rings. The third-order valence-corrected chi connectivity index (χ3v) is 3.73. The number of ether oxygens (including phenoxy) is 1. The van der Waals surface area contributed by atoms with Gasteiger partial charge in [-0.1, -0.05) is 41.9 Å². The van der Waals surface area contributed by atoms with Gasteiger partial charge in [-0.2, -0.15) is 0 Å². The summed E-state index contributed by atoms with van der Waals surface area (Å²) in [5, 5.41) is -0.703. The number of carbonyl (C=O) groups is 2. The maximum Gasteiger partial charge on any atom is 0.198 e. The van der Waals surface area contributed by atoms with Crippen LogP contribution in [-0.2, 0) is 4.79 Å². The number of hydrogen-bond donors (Lipinski definition) is 0. The van der Waals surface area contributed by atoms with Gasteiger partial charge in [0.2, 0.25) is 0 Å². The van der Waals surface area contributed by atoms with Crippen molar-refractivity contribution in [3.8, 4) is 5.75 Å². The van der Waals surface area contributed by atoms with E-state index in [0.29, 0.717) is 16.3 Å². The normalized spacial score (nSPS) is 13.2. The zero-order valence-corrected chi connectivity index (χ0v) is 13.3. The topological polar surface area (TPSA) is 43.4 Å². The first-order valence-corrected chi connectivity index (χ1v) is 7.50. The van der Waals surface area contributed by atoms with Crippen molar-refractivity contribution in [3.05, 3.63) is 65.2 Å². The van der Waals surface area contributed by atoms with Gasteiger partial charge in [0, 0.05) is 10.6 Å². The van der Waals surface area contributed by atoms with Crippen LogP contribution in [0.15, 0.2) is 54.6 Å². The fourth-order valence-corrected chi connectivity index (χ4v) is 2.29. The number of halogens is 2. The predicted molar refractivity (Wildman–Crippen MR) is 87.0 cm³/mol. The second-order valence-corrected chi connectivity index (χ2v) is 5.58. The van der Waals surface area contributed by atoms with Crippen LogP contribution < -0.4 is 4.74 Å². The highest BCUT2D eigenvalue weighted by Crippen LogP contribution is 2.19. The van der Waals surface area contributed by atoms with Gasteiger partial charge in [-0.15, -0.1) is 11.6 Å². The molecule has 0 bridgehead atoms. The smallest absolute Gasteiger partial charge is 0.198 e. The molecule has 0 fully saturated rings. The van der Waals surface area contributed by atoms with Crippen molar-refractivity contribution in [2.24, 2.45) is 0 Å². The number of rotatable bonds is 6. The molecule has 0 spiro atoms. The van der Waals surface area contributed by atoms with E-state index in [4.69, 9.17) is 27.9 Å². The van der Waals surface area contributed by atoms with Gasteiger partial charge < -0.3 is 4.74 Å². The Labute approximate surface area is 138 Å². The number of hydrogen-bond acceptors (Lipinski definition) is 3. The molecule has 5 heteroatoms. The van der Waals surface area contributed by atoms with Gasteiger partial charge in [-0.25, -0.2) is 0 Å². The molecule has 0 aromatic heterocycles. The Hall–Kier alpha value is -1.84. The second-order valence-electron chi connectivity index (χ2n) is 4.71. The van der Waals surface area contributed by atoms with Crippen molar-refractivity contribution in [3.63, 3.8) is 0 Å². The average Bonchev–Trinajstić information content (AvgIpc) is 2.55. The standard InChI is InChI=1S/C17H14Cl2O3/c1-11(22-14-9-7-13(18)8-10-14)16(20)15(19)17(21)12-5-3-2-4-6-12/h2-11,15H,1H3/t11-,15-/m0/s1. The van der Waals surface area contributed by atoms with Gasteiger partial charge in [-0.3, -0.25) is 9.59 Å². The molecule has 2 rings (SSSR count). The molecule has 2 aromatic rings. The summed E-state index contributed by atoms with van der Waals surface area (Å²) in [7, 11) is 0. The lowest BCUT2D eigenvalue weighted by Crippen LogP contribution is -2.35. The molecule has 114 valence electrons. The van der Waals surface area contributed by atoms with Crippen molar-refractivity contribution in [1.29, 1.82) is 0 Å². The molecule has 3 nitrogen and oxygen atoms in total. The van der Waals surface area contributed by atoms with Crippen LogP contribution in [0.4, 0.5) is 0 Å². The molecule has 0 aliphatic carbocycles. The minimum atomic E-state index is -1.27. The van der Waals surface area contributed by atoms with E-state index in [0.717, 1.165) is 0 Å². The first kappa shape index (κ1) is 16.5. The van der Waals surface area contributed by atoms with Crippen molar-refractivity contribution >= 4 is 34.8 Å². The second kappa shape index (κ2) is 7.43. The van der Waals surface area contributed by atoms with E-state index in [-0.39, 0.29) is 0 Å². The van der Waals surface area contributed by atoms with E-state index in [1.54, 1.807) is 61.5 Å². The SMILES string of the molecule is C[C@H](Oc1ccc(Cl)cc1)C(=O)[C@H](Cl)C(=O)c1ccccc1. The van der Waals surface area contributed by atoms with E-state index < -0.39 is 23.0 Å². The molecule has 0 aliphatic heterocycles. The lowest BCUT2D eigenvalue weighted by atomic mass is 10.0. The van der Waals surface area contributed by atoms with Crippen LogP contribution >= 0.6 is 23.2 Å². The molecule has 2 atom stereocenters. The Morgan fingerprint density at radius 1 is 1.00 bits per heavy atom. The van der Waals surface area contributed by atoms with Crippen molar-refractivity contribution in [2.45, 2.75) is 18.4 Å². The maximum absolute atomic E-state index is 12.2. The largest absolute Gasteiger partial charge is 0.483 e. The molecular weight excluding hydrogens is 323 g/mol. The van der Waals surface area contributed by atoms with Crippen molar-refractivity contribution in [2.75, 3.05) is 0 Å². The number of Topliss-reactive ketones (excluding diaryl/α,β-unsaturated/α-hetero) is 2. The number of alkyl halides is 1. The average molecular weight is 337 g/mol. The highest BCUT2D eigenvalue weighted by atomic mass is 35.5. The van der Waals surface area contributed by atoms with Crippen LogP contribution in [0.25, 0.3) is 0 Å². The summed E-state index contributed by atoms with van der Waals surface area (Å²) in [5.74, 6) is -0.425. The van der Waals surface area contributed by atoms with Gasteiger partial charge in [0.15, 0.2) is 23.0 Å². The third kappa shape index (κ3) is 4.09. The van der Waals surface area contributed by atoms with Crippen LogP contribution in [0.3, 0.4) is 0 Å². The lowest BCUT2D eigenvalue weighted by Gasteiger charge is -2.16. The highest BCUT2D eigenvalue weighted by molar-refractivity contribution is 6.44. The molecule has 0 saturated heterocycles. The summed E-state index contributed by atoms with van der Waals surface area (Å²) in [5.41, 5.74) is 0.398. The zero-order chi connectivity index (χ0) is 16.1. The van der Waals surface area contributed by atoms with Crippen molar-refractivity contribution in [1.82, 2.24) is 0 Å². The summed E-state index contributed by atoms with van der Waals surface area (Å²) >= 11 is 11.8. The summed E-state index contributed by atoms with van der Waals surface area (Å²) < 4.78 is 5.49. The van der Waals surface area contributed by atoms with Crippen molar-refractivity contribution < 1.29 is 14.3 Å². The zero-order valence-electron chi connectivity index (χ0n) is 11.8. The first-order valence-electron chi connectivity index (χ1n) is 6.68. The Kier molecular flexibility index (Phi) is 5.58. The number of ketones is 2. The first-order chi connectivity index (χ1) is 10.5. The quantitative estimate of drug-likeness (QED) is 0.451. The summed E-state index contributed by atoms with van der Waals surface area (Å²) in [4.78, 5) is 24.4. The van der Waals surface area contributed by atoms with Gasteiger partial charge >= 0.3 is 0 Å². The van der Waals surface area contributed by atoms with E-state index >= 15 is 0 Å². The van der Waals surface area contributed by atoms with Gasteiger partial charge in [0.05, 0.1) is 0 Å². The van der Waals surface area contributed by atoms with Crippen LogP contribution in [-0.4, -0.2) is 23.0 Å². The molecule has 0 amide bonds. The summed E-state index contributed by atoms with van der Waals surface area (Å²) in [6.45, 7) is 1.56. The fourth-order valence-electron chi connectivity index (χ4n) is 1.86. The molecule has 22 heavy (non-hydrogen) atoms. The number of carbonyl (C=O) groups excluding carboxylic acids is 2. The van der Waals surface area contributed by atoms with Gasteiger partial charge in [-0.05, 0) is 31.2 Å². The number of benzene rings is 2. The molecule has 0 N–H and O–H groups in total. The highest BCUT2D eigenvalue weighted by Gasteiger charge is 2.30. The Morgan fingerprint density at radius 3 is 2.18 bits per heavy atom. The van der Waals surface area contributed by atoms with Crippen LogP contribution in [0.1, 0.15) is 17.3 Å². The predicted octanol–water partition coefficient (Wildman–Crippen LogP) is 4.17. The molecule has 2 aromatic carbocycles. The van der Waals surface area contributed by atoms with Crippen LogP contribution in [0.5, 0.6) is 5.75 Å². The van der Waals surface area contributed by atoms with Crippen LogP contribution in [0.2, 0.25) is 5.02 Å². The monoisotopic (exact) mass is 336 g/mol. The van der Waals surface area contributed by atoms with E-state index in [9.17, 15) is 9.59 Å². The Balaban J connectivity index is 2.03. The molecule has 0 heterocycles. The molecule has 0 radical (unpaired) electrons. The molecule has 0 saturated carbocycles. The lowest BCUT2D eigenvalue weighted by molar-refractivity contribution is -0.123. The van der Waals surface area contributed by atoms with E-state index in [2.05, 4.69) is 0 Å². The maximum atomic E-state index is 12.2. The van der Waals surface area contributed by atoms with Crippen LogP contribution in [0, 0.1) is 0 Å². The fraction of sp³-hybridized carbons (Fsp3) is 0.176.